The molecular weight excluding hydrogens is 767 g/mol. The molecule has 2 heterocycles. The van der Waals surface area contributed by atoms with Crippen molar-refractivity contribution in [2.24, 2.45) is 0 Å². The van der Waals surface area contributed by atoms with Crippen molar-refractivity contribution in [3.63, 3.8) is 0 Å². The molecule has 0 aliphatic carbocycles. The van der Waals surface area contributed by atoms with Crippen molar-refractivity contribution in [3.05, 3.63) is 224 Å². The smallest absolute Gasteiger partial charge is 0.136 e. The highest BCUT2D eigenvalue weighted by Crippen LogP contribution is 2.44. The molecule has 0 aliphatic rings. The van der Waals surface area contributed by atoms with E-state index in [1.165, 1.54) is 37.9 Å². The highest BCUT2D eigenvalue weighted by Gasteiger charge is 2.19. The molecule has 0 amide bonds. The molecule has 63 heavy (non-hydrogen) atoms. The lowest BCUT2D eigenvalue weighted by atomic mass is 9.92. The molecule has 13 aromatic rings. The average Bonchev–Trinajstić information content (AvgIpc) is 3.92. The van der Waals surface area contributed by atoms with Crippen molar-refractivity contribution < 1.29 is 8.83 Å². The fraction of sp³-hybridized carbons (Fsp3) is 0. The Balaban J connectivity index is 0.935. The number of hydrogen-bond donors (Lipinski definition) is 0. The van der Waals surface area contributed by atoms with Gasteiger partial charge in [0.2, 0.25) is 0 Å². The Morgan fingerprint density at radius 2 is 0.698 bits per heavy atom. The number of anilines is 3. The molecule has 2 aromatic heterocycles. The Hall–Kier alpha value is -8.40. The van der Waals surface area contributed by atoms with Crippen LogP contribution in [0.25, 0.3) is 110 Å². The number of fused-ring (bicyclic) bond motifs is 10. The van der Waals surface area contributed by atoms with Gasteiger partial charge in [0, 0.05) is 38.3 Å². The molecule has 0 saturated carbocycles. The first-order valence-corrected chi connectivity index (χ1v) is 21.5. The third-order valence-electron chi connectivity index (χ3n) is 12.8. The molecule has 0 saturated heterocycles. The minimum absolute atomic E-state index is 0.896. The summed E-state index contributed by atoms with van der Waals surface area (Å²) in [5.41, 5.74) is 13.8. The van der Waals surface area contributed by atoms with E-state index < -0.39 is 0 Å². The summed E-state index contributed by atoms with van der Waals surface area (Å²) in [6, 6.07) is 80.8. The van der Waals surface area contributed by atoms with Crippen LogP contribution in [0.4, 0.5) is 17.1 Å². The highest BCUT2D eigenvalue weighted by atomic mass is 16.3. The summed E-state index contributed by atoms with van der Waals surface area (Å²) in [5.74, 6) is 0. The van der Waals surface area contributed by atoms with Gasteiger partial charge in [-0.25, -0.2) is 0 Å². The molecule has 3 heteroatoms. The van der Waals surface area contributed by atoms with Crippen LogP contribution in [0.15, 0.2) is 233 Å². The van der Waals surface area contributed by atoms with Crippen molar-refractivity contribution in [3.8, 4) is 33.4 Å². The third kappa shape index (κ3) is 5.82. The number of benzene rings is 11. The zero-order valence-corrected chi connectivity index (χ0v) is 34.1. The number of nitrogens with zero attached hydrogens (tertiary/aromatic N) is 1. The van der Waals surface area contributed by atoms with E-state index in [0.29, 0.717) is 0 Å². The zero-order valence-electron chi connectivity index (χ0n) is 34.1. The molecular formula is C60H37NO2. The SMILES string of the molecule is c1ccc2c(-c3ccc(N(c4ccc(-c5ccc6c(c5)oc5ccccc56)cc4)c4cc5ccccc5c5ccccc45)cc3)cc(-c3ccc4c(c3)oc3ccccc34)cc2c1. The number of furan rings is 2. The Morgan fingerprint density at radius 1 is 0.254 bits per heavy atom. The lowest BCUT2D eigenvalue weighted by Crippen LogP contribution is -2.10. The van der Waals surface area contributed by atoms with Crippen LogP contribution >= 0.6 is 0 Å². The summed E-state index contributed by atoms with van der Waals surface area (Å²) in [6.07, 6.45) is 0. The molecule has 0 spiro atoms. The fourth-order valence-corrected chi connectivity index (χ4v) is 9.77. The second-order valence-electron chi connectivity index (χ2n) is 16.5. The van der Waals surface area contributed by atoms with Crippen molar-refractivity contribution in [1.29, 1.82) is 0 Å². The number of hydrogen-bond acceptors (Lipinski definition) is 3. The van der Waals surface area contributed by atoms with Gasteiger partial charge in [-0.2, -0.15) is 0 Å². The summed E-state index contributed by atoms with van der Waals surface area (Å²) in [5, 5.41) is 11.8. The van der Waals surface area contributed by atoms with Crippen molar-refractivity contribution in [2.45, 2.75) is 0 Å². The maximum Gasteiger partial charge on any atom is 0.136 e. The van der Waals surface area contributed by atoms with Crippen LogP contribution in [0.3, 0.4) is 0 Å². The largest absolute Gasteiger partial charge is 0.456 e. The summed E-state index contributed by atoms with van der Waals surface area (Å²) in [7, 11) is 0. The van der Waals surface area contributed by atoms with Crippen LogP contribution in [-0.4, -0.2) is 0 Å². The molecule has 0 N–H and O–H groups in total. The number of rotatable bonds is 6. The average molecular weight is 804 g/mol. The first kappa shape index (κ1) is 35.4. The Morgan fingerprint density at radius 3 is 1.32 bits per heavy atom. The summed E-state index contributed by atoms with van der Waals surface area (Å²) < 4.78 is 12.6. The lowest BCUT2D eigenvalue weighted by molar-refractivity contribution is 0.668. The van der Waals surface area contributed by atoms with Crippen LogP contribution in [0.1, 0.15) is 0 Å². The van der Waals surface area contributed by atoms with Gasteiger partial charge < -0.3 is 13.7 Å². The van der Waals surface area contributed by atoms with Gasteiger partial charge in [-0.15, -0.1) is 0 Å². The van der Waals surface area contributed by atoms with E-state index in [2.05, 4.69) is 205 Å². The standard InChI is InChI=1S/C60H37NO2/c1-4-14-48-42(11-1)33-44(41-26-32-54-52-18-8-10-20-58(52)63-60(54)37-41)34-55(48)39-23-29-46(30-24-39)61(56-35-43-12-2-3-13-47(43)49-15-5-6-16-50(49)56)45-27-21-38(22-28-45)40-25-31-53-51-17-7-9-19-57(51)62-59(53)36-40/h1-37H. The van der Waals surface area contributed by atoms with Gasteiger partial charge in [-0.1, -0.05) is 146 Å². The molecule has 0 radical (unpaired) electrons. The van der Waals surface area contributed by atoms with Gasteiger partial charge in [-0.3, -0.25) is 0 Å². The van der Waals surface area contributed by atoms with Crippen LogP contribution in [-0.2, 0) is 0 Å². The van der Waals surface area contributed by atoms with Crippen LogP contribution in [0.5, 0.6) is 0 Å². The maximum atomic E-state index is 6.32. The predicted molar refractivity (Wildman–Crippen MR) is 265 cm³/mol. The number of para-hydroxylation sites is 2. The van der Waals surface area contributed by atoms with Gasteiger partial charge in [-0.05, 0) is 139 Å². The first-order chi connectivity index (χ1) is 31.2. The molecule has 294 valence electrons. The molecule has 0 atom stereocenters. The topological polar surface area (TPSA) is 29.5 Å². The zero-order chi connectivity index (χ0) is 41.4. The van der Waals surface area contributed by atoms with Crippen molar-refractivity contribution in [2.75, 3.05) is 4.90 Å². The van der Waals surface area contributed by atoms with E-state index in [1.54, 1.807) is 0 Å². The Kier molecular flexibility index (Phi) is 7.91. The van der Waals surface area contributed by atoms with E-state index >= 15 is 0 Å². The molecule has 0 unspecified atom stereocenters. The van der Waals surface area contributed by atoms with E-state index in [-0.39, 0.29) is 0 Å². The molecule has 0 fully saturated rings. The van der Waals surface area contributed by atoms with Crippen LogP contribution < -0.4 is 4.90 Å². The van der Waals surface area contributed by atoms with Gasteiger partial charge in [0.25, 0.3) is 0 Å². The minimum Gasteiger partial charge on any atom is -0.456 e. The van der Waals surface area contributed by atoms with E-state index in [4.69, 9.17) is 8.83 Å². The lowest BCUT2D eigenvalue weighted by Gasteiger charge is -2.28. The minimum atomic E-state index is 0.896. The molecule has 3 nitrogen and oxygen atoms in total. The second-order valence-corrected chi connectivity index (χ2v) is 16.5. The highest BCUT2D eigenvalue weighted by molar-refractivity contribution is 6.15. The summed E-state index contributed by atoms with van der Waals surface area (Å²) in [4.78, 5) is 2.40. The third-order valence-corrected chi connectivity index (χ3v) is 12.8. The maximum absolute atomic E-state index is 6.32. The van der Waals surface area contributed by atoms with Crippen LogP contribution in [0, 0.1) is 0 Å². The van der Waals surface area contributed by atoms with Crippen LogP contribution in [0.2, 0.25) is 0 Å². The Labute approximate surface area is 363 Å². The van der Waals surface area contributed by atoms with E-state index in [0.717, 1.165) is 88.8 Å². The molecule has 0 aliphatic heterocycles. The van der Waals surface area contributed by atoms with Crippen molar-refractivity contribution in [1.82, 2.24) is 0 Å². The van der Waals surface area contributed by atoms with Crippen molar-refractivity contribution >= 4 is 93.3 Å². The monoisotopic (exact) mass is 803 g/mol. The van der Waals surface area contributed by atoms with E-state index in [9.17, 15) is 0 Å². The van der Waals surface area contributed by atoms with Gasteiger partial charge in [0.1, 0.15) is 22.3 Å². The Bertz CT molecular complexity index is 3910. The van der Waals surface area contributed by atoms with E-state index in [1.807, 2.05) is 24.3 Å². The molecule has 0 bridgehead atoms. The fourth-order valence-electron chi connectivity index (χ4n) is 9.77. The molecule has 11 aromatic carbocycles. The normalized spacial score (nSPS) is 11.8. The van der Waals surface area contributed by atoms with Gasteiger partial charge in [0.15, 0.2) is 0 Å². The molecule has 13 rings (SSSR count). The summed E-state index contributed by atoms with van der Waals surface area (Å²) >= 11 is 0. The predicted octanol–water partition coefficient (Wildman–Crippen LogP) is 17.4. The second kappa shape index (κ2) is 14.1. The quantitative estimate of drug-likeness (QED) is 0.157. The first-order valence-electron chi connectivity index (χ1n) is 21.5. The van der Waals surface area contributed by atoms with Gasteiger partial charge >= 0.3 is 0 Å². The van der Waals surface area contributed by atoms with Gasteiger partial charge in [0.05, 0.1) is 5.69 Å². The summed E-state index contributed by atoms with van der Waals surface area (Å²) in [6.45, 7) is 0.